The zero-order valence-corrected chi connectivity index (χ0v) is 13.7. The van der Waals surface area contributed by atoms with Gasteiger partial charge in [0.1, 0.15) is 5.69 Å². The van der Waals surface area contributed by atoms with Crippen molar-refractivity contribution in [2.45, 2.75) is 32.1 Å². The van der Waals surface area contributed by atoms with Crippen LogP contribution in [0.1, 0.15) is 42.6 Å². The van der Waals surface area contributed by atoms with Gasteiger partial charge in [-0.05, 0) is 18.3 Å². The highest BCUT2D eigenvalue weighted by Gasteiger charge is 2.31. The van der Waals surface area contributed by atoms with Crippen LogP contribution in [0.25, 0.3) is 0 Å². The number of nitro groups is 1. The van der Waals surface area contributed by atoms with Gasteiger partial charge in [0.05, 0.1) is 11.1 Å². The number of hydrogen-bond acceptors (Lipinski definition) is 3. The van der Waals surface area contributed by atoms with Crippen LogP contribution in [-0.2, 0) is 7.05 Å². The Hall–Kier alpha value is -1.37. The van der Waals surface area contributed by atoms with Crippen molar-refractivity contribution in [1.29, 1.82) is 0 Å². The van der Waals surface area contributed by atoms with Gasteiger partial charge in [-0.1, -0.05) is 35.2 Å². The highest BCUT2D eigenvalue weighted by molar-refractivity contribution is 9.09. The average Bonchev–Trinajstić information content (AvgIpc) is 2.88. The minimum Gasteiger partial charge on any atom is -0.350 e. The van der Waals surface area contributed by atoms with E-state index in [0.29, 0.717) is 12.2 Å². The summed E-state index contributed by atoms with van der Waals surface area (Å²) in [6.45, 7) is 0.607. The fourth-order valence-corrected chi connectivity index (χ4v) is 3.65. The summed E-state index contributed by atoms with van der Waals surface area (Å²) in [6, 6.07) is 1.32. The van der Waals surface area contributed by atoms with Gasteiger partial charge in [-0.3, -0.25) is 14.9 Å². The van der Waals surface area contributed by atoms with Crippen molar-refractivity contribution < 1.29 is 9.72 Å². The molecule has 0 aromatic carbocycles. The number of carbonyl (C=O) groups excluding carboxylic acids is 1. The first-order valence-electron chi connectivity index (χ1n) is 7.12. The van der Waals surface area contributed by atoms with E-state index in [1.807, 2.05) is 0 Å². The van der Waals surface area contributed by atoms with Crippen LogP contribution in [0, 0.1) is 15.5 Å². The van der Waals surface area contributed by atoms with Crippen molar-refractivity contribution in [2.75, 3.05) is 11.9 Å². The molecule has 1 aromatic rings. The molecule has 1 heterocycles. The zero-order chi connectivity index (χ0) is 15.5. The summed E-state index contributed by atoms with van der Waals surface area (Å²) in [7, 11) is 1.64. The molecule has 0 bridgehead atoms. The fraction of sp³-hybridized carbons (Fsp3) is 0.643. The van der Waals surface area contributed by atoms with Crippen molar-refractivity contribution in [3.63, 3.8) is 0 Å². The van der Waals surface area contributed by atoms with E-state index in [9.17, 15) is 14.9 Å². The smallest absolute Gasteiger partial charge is 0.287 e. The normalized spacial score (nSPS) is 17.4. The van der Waals surface area contributed by atoms with Crippen molar-refractivity contribution in [3.05, 3.63) is 28.1 Å². The Bertz CT molecular complexity index is 536. The maximum atomic E-state index is 12.2. The van der Waals surface area contributed by atoms with Crippen LogP contribution in [0.3, 0.4) is 0 Å². The van der Waals surface area contributed by atoms with Crippen LogP contribution in [-0.4, -0.2) is 27.3 Å². The monoisotopic (exact) mass is 357 g/mol. The van der Waals surface area contributed by atoms with Crippen LogP contribution >= 0.6 is 15.9 Å². The first kappa shape index (κ1) is 16.0. The van der Waals surface area contributed by atoms with E-state index in [1.165, 1.54) is 36.1 Å². The lowest BCUT2D eigenvalue weighted by Gasteiger charge is -2.35. The summed E-state index contributed by atoms with van der Waals surface area (Å²) < 4.78 is 1.50. The molecule has 1 aliphatic carbocycles. The molecule has 116 valence electrons. The Labute approximate surface area is 132 Å². The summed E-state index contributed by atoms with van der Waals surface area (Å²) in [5.74, 6) is -0.253. The number of hydrogen-bond donors (Lipinski definition) is 1. The second-order valence-electron chi connectivity index (χ2n) is 5.83. The van der Waals surface area contributed by atoms with Gasteiger partial charge in [0.15, 0.2) is 0 Å². The lowest BCUT2D eigenvalue weighted by atomic mass is 9.75. The van der Waals surface area contributed by atoms with Gasteiger partial charge in [0, 0.05) is 25.0 Å². The molecule has 1 aromatic heterocycles. The molecule has 0 unspecified atom stereocenters. The minimum atomic E-state index is -0.488. The molecular formula is C14H20BrN3O3. The number of aromatic nitrogens is 1. The number of amides is 1. The minimum absolute atomic E-state index is 0.0597. The number of nitrogens with one attached hydrogen (secondary N) is 1. The summed E-state index contributed by atoms with van der Waals surface area (Å²) in [4.78, 5) is 22.5. The quantitative estimate of drug-likeness (QED) is 0.499. The van der Waals surface area contributed by atoms with E-state index in [-0.39, 0.29) is 17.0 Å². The van der Waals surface area contributed by atoms with Crippen molar-refractivity contribution in [1.82, 2.24) is 9.88 Å². The van der Waals surface area contributed by atoms with Gasteiger partial charge in [-0.15, -0.1) is 0 Å². The molecule has 1 saturated carbocycles. The Kier molecular flexibility index (Phi) is 5.03. The number of nitrogens with zero attached hydrogens (tertiary/aromatic N) is 2. The van der Waals surface area contributed by atoms with Gasteiger partial charge in [-0.2, -0.15) is 0 Å². The van der Waals surface area contributed by atoms with Gasteiger partial charge >= 0.3 is 0 Å². The van der Waals surface area contributed by atoms with E-state index in [2.05, 4.69) is 21.2 Å². The maximum Gasteiger partial charge on any atom is 0.287 e. The average molecular weight is 358 g/mol. The topological polar surface area (TPSA) is 77.2 Å². The highest BCUT2D eigenvalue weighted by atomic mass is 79.9. The molecule has 0 aliphatic heterocycles. The van der Waals surface area contributed by atoms with Gasteiger partial charge in [-0.25, -0.2) is 0 Å². The molecule has 0 radical (unpaired) electrons. The van der Waals surface area contributed by atoms with Crippen molar-refractivity contribution in [3.8, 4) is 0 Å². The molecule has 1 N–H and O–H groups in total. The Balaban J connectivity index is 2.02. The zero-order valence-electron chi connectivity index (χ0n) is 12.1. The summed E-state index contributed by atoms with van der Waals surface area (Å²) in [6.07, 6.45) is 7.20. The van der Waals surface area contributed by atoms with Gasteiger partial charge < -0.3 is 9.88 Å². The van der Waals surface area contributed by atoms with Gasteiger partial charge in [0.2, 0.25) is 0 Å². The largest absolute Gasteiger partial charge is 0.350 e. The number of rotatable bonds is 5. The number of halogens is 1. The van der Waals surface area contributed by atoms with Crippen LogP contribution < -0.4 is 5.32 Å². The van der Waals surface area contributed by atoms with Crippen molar-refractivity contribution >= 4 is 27.5 Å². The fourth-order valence-electron chi connectivity index (χ4n) is 2.89. The molecular weight excluding hydrogens is 338 g/mol. The number of aryl methyl sites for hydroxylation is 1. The summed E-state index contributed by atoms with van der Waals surface area (Å²) in [5, 5.41) is 14.6. The second kappa shape index (κ2) is 6.60. The highest BCUT2D eigenvalue weighted by Crippen LogP contribution is 2.37. The lowest BCUT2D eigenvalue weighted by molar-refractivity contribution is -0.384. The summed E-state index contributed by atoms with van der Waals surface area (Å²) in [5.41, 5.74) is 0.378. The van der Waals surface area contributed by atoms with Crippen LogP contribution in [0.4, 0.5) is 5.69 Å². The molecule has 0 atom stereocenters. The van der Waals surface area contributed by atoms with Crippen LogP contribution in [0.2, 0.25) is 0 Å². The van der Waals surface area contributed by atoms with E-state index < -0.39 is 4.92 Å². The molecule has 1 aliphatic rings. The lowest BCUT2D eigenvalue weighted by Crippen LogP contribution is -2.40. The SMILES string of the molecule is Cn1cc([N+](=O)[O-])cc1C(=O)NCC1(CBr)CCCCC1. The number of alkyl halides is 1. The third kappa shape index (κ3) is 3.64. The van der Waals surface area contributed by atoms with Crippen LogP contribution in [0.15, 0.2) is 12.3 Å². The predicted molar refractivity (Wildman–Crippen MR) is 83.7 cm³/mol. The first-order valence-corrected chi connectivity index (χ1v) is 8.24. The molecule has 7 heteroatoms. The third-order valence-corrected chi connectivity index (χ3v) is 5.45. The van der Waals surface area contributed by atoms with E-state index in [4.69, 9.17) is 0 Å². The van der Waals surface area contributed by atoms with Crippen LogP contribution in [0.5, 0.6) is 0 Å². The van der Waals surface area contributed by atoms with Crippen molar-refractivity contribution in [2.24, 2.45) is 12.5 Å². The second-order valence-corrected chi connectivity index (χ2v) is 6.39. The van der Waals surface area contributed by atoms with Gasteiger partial charge in [0.25, 0.3) is 11.6 Å². The Morgan fingerprint density at radius 2 is 2.14 bits per heavy atom. The molecule has 6 nitrogen and oxygen atoms in total. The van der Waals surface area contributed by atoms with E-state index >= 15 is 0 Å². The van der Waals surface area contributed by atoms with E-state index in [1.54, 1.807) is 7.05 Å². The molecule has 0 spiro atoms. The Morgan fingerprint density at radius 3 is 2.67 bits per heavy atom. The predicted octanol–water partition coefficient (Wildman–Crippen LogP) is 3.01. The third-order valence-electron chi connectivity index (χ3n) is 4.26. The molecule has 2 rings (SSSR count). The molecule has 1 fully saturated rings. The standard InChI is InChI=1S/C14H20BrN3O3/c1-17-8-11(18(20)21)7-12(17)13(19)16-10-14(9-15)5-3-2-4-6-14/h7-8H,2-6,9-10H2,1H3,(H,16,19). The molecule has 1 amide bonds. The number of carbonyl (C=O) groups is 1. The first-order chi connectivity index (χ1) is 9.97. The maximum absolute atomic E-state index is 12.2. The Morgan fingerprint density at radius 1 is 1.48 bits per heavy atom. The molecule has 0 saturated heterocycles. The van der Waals surface area contributed by atoms with E-state index in [0.717, 1.165) is 18.2 Å². The summed E-state index contributed by atoms with van der Waals surface area (Å²) >= 11 is 3.57. The molecule has 21 heavy (non-hydrogen) atoms.